The van der Waals surface area contributed by atoms with Crippen molar-refractivity contribution in [1.29, 1.82) is 10.5 Å². The van der Waals surface area contributed by atoms with Crippen molar-refractivity contribution in [1.82, 2.24) is 33.2 Å². The van der Waals surface area contributed by atoms with E-state index >= 15 is 0 Å². The van der Waals surface area contributed by atoms with E-state index in [0.717, 1.165) is 116 Å². The van der Waals surface area contributed by atoms with Crippen LogP contribution in [0.5, 0.6) is 0 Å². The summed E-state index contributed by atoms with van der Waals surface area (Å²) in [4.78, 5) is 16.3. The van der Waals surface area contributed by atoms with Crippen molar-refractivity contribution in [3.63, 3.8) is 0 Å². The first-order valence-electron chi connectivity index (χ1n) is 26.6. The van der Waals surface area contributed by atoms with Gasteiger partial charge in [-0.2, -0.15) is 10.5 Å². The van der Waals surface area contributed by atoms with Crippen molar-refractivity contribution in [2.24, 2.45) is 0 Å². The Kier molecular flexibility index (Phi) is 9.86. The summed E-state index contributed by atoms with van der Waals surface area (Å²) in [6.45, 7) is 0. The molecule has 5 aromatic heterocycles. The highest BCUT2D eigenvalue weighted by Crippen LogP contribution is 2.46. The van der Waals surface area contributed by atoms with Crippen LogP contribution in [-0.2, 0) is 0 Å². The van der Waals surface area contributed by atoms with E-state index in [2.05, 4.69) is 200 Å². The molecule has 16 aromatic rings. The minimum atomic E-state index is 0.370. The van der Waals surface area contributed by atoms with E-state index < -0.39 is 0 Å². The van der Waals surface area contributed by atoms with Gasteiger partial charge in [-0.1, -0.05) is 152 Å². The normalized spacial score (nSPS) is 11.7. The molecule has 0 aliphatic carbocycles. The second-order valence-electron chi connectivity index (χ2n) is 20.2. The van der Waals surface area contributed by atoms with Gasteiger partial charge in [-0.15, -0.1) is 0 Å². The first-order chi connectivity index (χ1) is 39.6. The molecule has 0 fully saturated rings. The van der Waals surface area contributed by atoms with Gasteiger partial charge in [0.25, 0.3) is 0 Å². The summed E-state index contributed by atoms with van der Waals surface area (Å²) in [5.41, 5.74) is 15.0. The average molecular weight is 1020 g/mol. The Bertz CT molecular complexity index is 5010. The predicted molar refractivity (Wildman–Crippen MR) is 323 cm³/mol. The third-order valence-corrected chi connectivity index (χ3v) is 15.9. The smallest absolute Gasteiger partial charge is 0.166 e. The van der Waals surface area contributed by atoms with E-state index in [1.807, 2.05) is 78.9 Å². The van der Waals surface area contributed by atoms with Crippen LogP contribution in [0, 0.1) is 22.7 Å². The van der Waals surface area contributed by atoms with Gasteiger partial charge in [0, 0.05) is 71.2 Å². The molecule has 9 heteroatoms. The van der Waals surface area contributed by atoms with Gasteiger partial charge in [0.15, 0.2) is 17.5 Å². The lowest BCUT2D eigenvalue weighted by Gasteiger charge is -2.17. The van der Waals surface area contributed by atoms with Crippen LogP contribution in [0.2, 0.25) is 0 Å². The molecule has 0 atom stereocenters. The maximum absolute atomic E-state index is 10.7. The Hall–Kier alpha value is -11.4. The fraction of sp³-hybridized carbons (Fsp3) is 0. The predicted octanol–water partition coefficient (Wildman–Crippen LogP) is 17.0. The van der Waals surface area contributed by atoms with E-state index in [4.69, 9.17) is 15.0 Å². The van der Waals surface area contributed by atoms with Gasteiger partial charge in [0.2, 0.25) is 0 Å². The fourth-order valence-electron chi connectivity index (χ4n) is 12.5. The number of benzene rings is 11. The zero-order valence-corrected chi connectivity index (χ0v) is 42.7. The summed E-state index contributed by atoms with van der Waals surface area (Å²) in [5.74, 6) is 1.18. The van der Waals surface area contributed by atoms with Gasteiger partial charge in [-0.25, -0.2) is 15.0 Å². The molecule has 0 spiro atoms. The van der Waals surface area contributed by atoms with E-state index in [-0.39, 0.29) is 0 Å². The molecule has 0 unspecified atom stereocenters. The van der Waals surface area contributed by atoms with Crippen molar-refractivity contribution >= 4 is 87.2 Å². The molecular weight excluding hydrogens is 979 g/mol. The fourth-order valence-corrected chi connectivity index (χ4v) is 12.5. The topological polar surface area (TPSA) is 106 Å². The Morgan fingerprint density at radius 2 is 0.650 bits per heavy atom. The van der Waals surface area contributed by atoms with Gasteiger partial charge in [-0.3, -0.25) is 0 Å². The molecule has 80 heavy (non-hydrogen) atoms. The summed E-state index contributed by atoms with van der Waals surface area (Å²) in [6.07, 6.45) is 0. The van der Waals surface area contributed by atoms with Crippen LogP contribution in [0.4, 0.5) is 0 Å². The van der Waals surface area contributed by atoms with E-state index in [1.165, 1.54) is 0 Å². The zero-order chi connectivity index (χ0) is 53.0. The van der Waals surface area contributed by atoms with Gasteiger partial charge in [0.1, 0.15) is 0 Å². The number of fused-ring (bicyclic) bond motifs is 14. The number of hydrogen-bond donors (Lipinski definition) is 0. The maximum Gasteiger partial charge on any atom is 0.166 e. The number of hydrogen-bond acceptors (Lipinski definition) is 5. The standard InChI is InChI=1S/C71H41N9/c72-42-44-32-36-61(79-57-28-14-10-24-49(57)51-34-38-63-65(67(51)79)53-26-12-16-30-59(53)77(63)47-20-6-2-7-21-47)55(40-44)70-74-69(46-18-4-1-5-19-46)75-71(76-70)56-41-45(43-73)33-37-62(56)80-58-29-15-11-25-50(58)52-35-39-64-66(68(52)80)54-27-13-17-31-60(54)78(64)48-22-8-3-9-23-48/h1-41H. The molecule has 0 N–H and O–H groups in total. The van der Waals surface area contributed by atoms with Crippen LogP contribution < -0.4 is 0 Å². The highest BCUT2D eigenvalue weighted by atomic mass is 15.1. The molecule has 0 radical (unpaired) electrons. The Balaban J connectivity index is 1.01. The third kappa shape index (κ3) is 6.59. The molecule has 0 saturated carbocycles. The van der Waals surface area contributed by atoms with Crippen molar-refractivity contribution in [2.45, 2.75) is 0 Å². The lowest BCUT2D eigenvalue weighted by Crippen LogP contribution is -2.06. The van der Waals surface area contributed by atoms with Crippen LogP contribution in [0.25, 0.3) is 144 Å². The Morgan fingerprint density at radius 3 is 1.07 bits per heavy atom. The second kappa shape index (κ2) is 17.6. The minimum absolute atomic E-state index is 0.370. The van der Waals surface area contributed by atoms with E-state index in [0.29, 0.717) is 39.7 Å². The van der Waals surface area contributed by atoms with Crippen LogP contribution >= 0.6 is 0 Å². The number of aromatic nitrogens is 7. The largest absolute Gasteiger partial charge is 0.309 e. The van der Waals surface area contributed by atoms with Crippen LogP contribution in [0.15, 0.2) is 249 Å². The molecular formula is C71H41N9. The number of nitriles is 2. The zero-order valence-electron chi connectivity index (χ0n) is 42.7. The highest BCUT2D eigenvalue weighted by molar-refractivity contribution is 6.28. The summed E-state index contributed by atoms with van der Waals surface area (Å²) >= 11 is 0. The molecule has 16 rings (SSSR count). The quantitative estimate of drug-likeness (QED) is 0.158. The SMILES string of the molecule is N#Cc1ccc(-n2c3ccccc3c3ccc4c(c5ccccc5n4-c4ccccc4)c32)c(-c2nc(-c3ccccc3)nc(-c3cc(C#N)ccc3-n3c4ccccc4c4ccc5c(c6ccccc6n5-c5ccccc5)c43)n2)c1. The molecule has 11 aromatic carbocycles. The van der Waals surface area contributed by atoms with Gasteiger partial charge < -0.3 is 18.3 Å². The van der Waals surface area contributed by atoms with E-state index in [9.17, 15) is 10.5 Å². The number of rotatable bonds is 7. The van der Waals surface area contributed by atoms with Gasteiger partial charge >= 0.3 is 0 Å². The van der Waals surface area contributed by atoms with Crippen LogP contribution in [0.1, 0.15) is 11.1 Å². The van der Waals surface area contributed by atoms with Crippen molar-refractivity contribution < 1.29 is 0 Å². The van der Waals surface area contributed by atoms with Crippen LogP contribution in [0.3, 0.4) is 0 Å². The first-order valence-corrected chi connectivity index (χ1v) is 26.6. The van der Waals surface area contributed by atoms with Crippen LogP contribution in [-0.4, -0.2) is 33.2 Å². The molecule has 0 aliphatic heterocycles. The summed E-state index contributed by atoms with van der Waals surface area (Å²) < 4.78 is 9.33. The number of para-hydroxylation sites is 6. The van der Waals surface area contributed by atoms with Crippen molar-refractivity contribution in [3.8, 4) is 69.1 Å². The summed E-state index contributed by atoms with van der Waals surface area (Å²) in [6, 6.07) is 90.6. The molecule has 0 amide bonds. The molecule has 0 saturated heterocycles. The monoisotopic (exact) mass is 1020 g/mol. The molecule has 5 heterocycles. The summed E-state index contributed by atoms with van der Waals surface area (Å²) in [7, 11) is 0. The van der Waals surface area contributed by atoms with Gasteiger partial charge in [-0.05, 0) is 97.1 Å². The lowest BCUT2D eigenvalue weighted by molar-refractivity contribution is 1.06. The third-order valence-electron chi connectivity index (χ3n) is 15.9. The van der Waals surface area contributed by atoms with Gasteiger partial charge in [0.05, 0.1) is 78.8 Å². The Morgan fingerprint density at radius 1 is 0.287 bits per heavy atom. The number of nitrogens with zero attached hydrogens (tertiary/aromatic N) is 9. The van der Waals surface area contributed by atoms with Crippen molar-refractivity contribution in [2.75, 3.05) is 0 Å². The molecule has 0 bridgehead atoms. The Labute approximate surface area is 457 Å². The first kappa shape index (κ1) is 44.9. The second-order valence-corrected chi connectivity index (χ2v) is 20.2. The van der Waals surface area contributed by atoms with E-state index in [1.54, 1.807) is 0 Å². The summed E-state index contributed by atoms with van der Waals surface area (Å²) in [5, 5.41) is 30.3. The maximum atomic E-state index is 10.7. The minimum Gasteiger partial charge on any atom is -0.309 e. The molecule has 370 valence electrons. The molecule has 0 aliphatic rings. The molecule has 9 nitrogen and oxygen atoms in total. The lowest BCUT2D eigenvalue weighted by atomic mass is 10.0. The van der Waals surface area contributed by atoms with Crippen molar-refractivity contribution in [3.05, 3.63) is 260 Å². The average Bonchev–Trinajstić information content (AvgIpc) is 4.32. The highest BCUT2D eigenvalue weighted by Gasteiger charge is 2.27.